The van der Waals surface area contributed by atoms with Crippen molar-refractivity contribution >= 4 is 29.5 Å². The van der Waals surface area contributed by atoms with Crippen molar-refractivity contribution in [1.82, 2.24) is 21.3 Å². The fourth-order valence-corrected chi connectivity index (χ4v) is 1.56. The van der Waals surface area contributed by atoms with Gasteiger partial charge in [-0.15, -0.1) is 0 Å². The van der Waals surface area contributed by atoms with Gasteiger partial charge in [0.2, 0.25) is 17.7 Å². The van der Waals surface area contributed by atoms with Crippen LogP contribution < -0.4 is 21.3 Å². The number of urea groups is 1. The summed E-state index contributed by atoms with van der Waals surface area (Å²) in [6.07, 6.45) is 0. The molecule has 0 heterocycles. The van der Waals surface area contributed by atoms with E-state index in [0.717, 1.165) is 0 Å². The molecular weight excluding hydrogens is 424 g/mol. The maximum atomic E-state index is 11.1. The van der Waals surface area contributed by atoms with E-state index >= 15 is 0 Å². The number of amides is 5. The second-order valence-electron chi connectivity index (χ2n) is 9.58. The molecule has 4 N–H and O–H groups in total. The van der Waals surface area contributed by atoms with E-state index in [0.29, 0.717) is 0 Å². The van der Waals surface area contributed by atoms with Crippen LogP contribution in [0.5, 0.6) is 0 Å². The Kier molecular flexibility index (Phi) is 20.3. The Morgan fingerprint density at radius 2 is 0.848 bits per heavy atom. The Morgan fingerprint density at radius 1 is 0.515 bits per heavy atom. The molecule has 0 saturated heterocycles. The predicted molar refractivity (Wildman–Crippen MR) is 132 cm³/mol. The number of Topliss-reactive ketones (excluding diaryl/α,β-unsaturated/α-hetero) is 1. The molecule has 0 bridgehead atoms. The first-order valence-electron chi connectivity index (χ1n) is 11.6. The summed E-state index contributed by atoms with van der Waals surface area (Å²) < 4.78 is 0. The molecule has 5 amide bonds. The van der Waals surface area contributed by atoms with Crippen LogP contribution in [0.15, 0.2) is 0 Å². The van der Waals surface area contributed by atoms with Crippen LogP contribution in [-0.4, -0.2) is 48.2 Å². The molecule has 0 rings (SSSR count). The smallest absolute Gasteiger partial charge is 0.315 e. The molecule has 9 heteroatoms. The third-order valence-electron chi connectivity index (χ3n) is 3.74. The summed E-state index contributed by atoms with van der Waals surface area (Å²) in [5.41, 5.74) is 0. The van der Waals surface area contributed by atoms with E-state index in [9.17, 15) is 24.0 Å². The van der Waals surface area contributed by atoms with Gasteiger partial charge in [0, 0.05) is 35.8 Å². The first kappa shape index (κ1) is 35.1. The zero-order valence-electron chi connectivity index (χ0n) is 22.7. The standard InChI is InChI=1S/C9H17NO2.C8H15NO2.C7H16N2O/c1-6(2)8(11)5-10-9(12)7(3)4;1-5(2)7(10)9-8(11)6(3)4;1-5(2)8-7(10)9-6(3)4/h6-7H,5H2,1-4H3,(H,10,12);5-6H,1-4H3,(H,9,10,11);5-6H,1-4H3,(H2,8,9,10). The molecule has 0 aromatic carbocycles. The van der Waals surface area contributed by atoms with Crippen LogP contribution in [0.2, 0.25) is 0 Å². The Labute approximate surface area is 200 Å². The Morgan fingerprint density at radius 3 is 1.09 bits per heavy atom. The fraction of sp³-hybridized carbons (Fsp3) is 0.792. The maximum Gasteiger partial charge on any atom is 0.315 e. The number of ketones is 1. The third-order valence-corrected chi connectivity index (χ3v) is 3.74. The SMILES string of the molecule is CC(C)C(=O)CNC(=O)C(C)C.CC(C)C(=O)NC(=O)C(C)C.CC(C)NC(=O)NC(C)C. The van der Waals surface area contributed by atoms with E-state index in [1.807, 2.05) is 41.5 Å². The number of carbonyl (C=O) groups is 5. The second-order valence-corrected chi connectivity index (χ2v) is 9.58. The van der Waals surface area contributed by atoms with Gasteiger partial charge in [-0.2, -0.15) is 0 Å². The summed E-state index contributed by atoms with van der Waals surface area (Å²) in [7, 11) is 0. The number of imide groups is 1. The average molecular weight is 473 g/mol. The molecule has 0 aromatic rings. The quantitative estimate of drug-likeness (QED) is 0.431. The highest BCUT2D eigenvalue weighted by atomic mass is 16.2. The van der Waals surface area contributed by atoms with Crippen LogP contribution in [0.1, 0.15) is 83.1 Å². The average Bonchev–Trinajstić information content (AvgIpc) is 2.64. The minimum Gasteiger partial charge on any atom is -0.349 e. The molecule has 0 saturated carbocycles. The van der Waals surface area contributed by atoms with Crippen molar-refractivity contribution in [3.05, 3.63) is 0 Å². The third kappa shape index (κ3) is 24.0. The molecule has 0 unspecified atom stereocenters. The summed E-state index contributed by atoms with van der Waals surface area (Å²) in [5, 5.41) is 10.3. The largest absolute Gasteiger partial charge is 0.349 e. The molecule has 33 heavy (non-hydrogen) atoms. The molecule has 0 aliphatic carbocycles. The van der Waals surface area contributed by atoms with Crippen molar-refractivity contribution in [2.45, 2.75) is 95.2 Å². The zero-order valence-corrected chi connectivity index (χ0v) is 22.7. The lowest BCUT2D eigenvalue weighted by Gasteiger charge is -2.11. The molecule has 0 radical (unpaired) electrons. The number of hydrogen-bond donors (Lipinski definition) is 4. The zero-order chi connectivity index (χ0) is 26.9. The van der Waals surface area contributed by atoms with Crippen molar-refractivity contribution < 1.29 is 24.0 Å². The van der Waals surface area contributed by atoms with E-state index in [1.54, 1.807) is 41.5 Å². The topological polar surface area (TPSA) is 133 Å². The van der Waals surface area contributed by atoms with E-state index in [-0.39, 0.29) is 71.8 Å². The summed E-state index contributed by atoms with van der Waals surface area (Å²) in [6.45, 7) is 22.1. The van der Waals surface area contributed by atoms with Gasteiger partial charge < -0.3 is 16.0 Å². The van der Waals surface area contributed by atoms with Gasteiger partial charge >= 0.3 is 6.03 Å². The highest BCUT2D eigenvalue weighted by Crippen LogP contribution is 1.95. The maximum absolute atomic E-state index is 11.1. The van der Waals surface area contributed by atoms with Gasteiger partial charge in [0.15, 0.2) is 5.78 Å². The lowest BCUT2D eigenvalue weighted by molar-refractivity contribution is -0.133. The first-order valence-corrected chi connectivity index (χ1v) is 11.6. The molecule has 0 aliphatic rings. The van der Waals surface area contributed by atoms with E-state index in [1.165, 1.54) is 0 Å². The Balaban J connectivity index is -0.000000411. The first-order chi connectivity index (χ1) is 14.9. The number of carbonyl (C=O) groups excluding carboxylic acids is 5. The monoisotopic (exact) mass is 472 g/mol. The Bertz CT molecular complexity index is 562. The van der Waals surface area contributed by atoms with Gasteiger partial charge in [-0.25, -0.2) is 4.79 Å². The number of nitrogens with one attached hydrogen (secondary N) is 4. The van der Waals surface area contributed by atoms with Gasteiger partial charge in [-0.05, 0) is 27.7 Å². The minimum atomic E-state index is -0.205. The molecule has 0 aromatic heterocycles. The van der Waals surface area contributed by atoms with Crippen LogP contribution >= 0.6 is 0 Å². The molecular formula is C24H48N4O5. The van der Waals surface area contributed by atoms with Crippen LogP contribution in [0.25, 0.3) is 0 Å². The lowest BCUT2D eigenvalue weighted by atomic mass is 10.1. The van der Waals surface area contributed by atoms with Crippen LogP contribution in [0.3, 0.4) is 0 Å². The van der Waals surface area contributed by atoms with E-state index in [2.05, 4.69) is 21.3 Å². The number of hydrogen-bond acceptors (Lipinski definition) is 5. The van der Waals surface area contributed by atoms with Crippen molar-refractivity contribution in [3.63, 3.8) is 0 Å². The molecule has 194 valence electrons. The summed E-state index contributed by atoms with van der Waals surface area (Å²) in [5.74, 6) is -0.710. The molecule has 9 nitrogen and oxygen atoms in total. The highest BCUT2D eigenvalue weighted by Gasteiger charge is 2.13. The normalized spacial score (nSPS) is 10.4. The van der Waals surface area contributed by atoms with Gasteiger partial charge in [0.05, 0.1) is 6.54 Å². The van der Waals surface area contributed by atoms with Gasteiger partial charge in [-0.1, -0.05) is 55.4 Å². The van der Waals surface area contributed by atoms with Gasteiger partial charge in [0.1, 0.15) is 0 Å². The van der Waals surface area contributed by atoms with Gasteiger partial charge in [0.25, 0.3) is 0 Å². The van der Waals surface area contributed by atoms with Crippen molar-refractivity contribution in [2.24, 2.45) is 23.7 Å². The number of rotatable bonds is 8. The van der Waals surface area contributed by atoms with E-state index in [4.69, 9.17) is 0 Å². The minimum absolute atomic E-state index is 0.00235. The van der Waals surface area contributed by atoms with Crippen molar-refractivity contribution in [1.29, 1.82) is 0 Å². The molecule has 0 spiro atoms. The lowest BCUT2D eigenvalue weighted by Crippen LogP contribution is -2.42. The molecule has 0 fully saturated rings. The molecule has 0 aliphatic heterocycles. The highest BCUT2D eigenvalue weighted by molar-refractivity contribution is 5.96. The van der Waals surface area contributed by atoms with E-state index < -0.39 is 0 Å². The molecule has 0 atom stereocenters. The Hall–Kier alpha value is -2.45. The summed E-state index contributed by atoms with van der Waals surface area (Å²) >= 11 is 0. The van der Waals surface area contributed by atoms with Gasteiger partial charge in [-0.3, -0.25) is 24.5 Å². The van der Waals surface area contributed by atoms with Crippen LogP contribution in [-0.2, 0) is 19.2 Å². The summed E-state index contributed by atoms with van der Waals surface area (Å²) in [4.78, 5) is 54.8. The fourth-order valence-electron chi connectivity index (χ4n) is 1.56. The van der Waals surface area contributed by atoms with Crippen molar-refractivity contribution in [3.8, 4) is 0 Å². The second kappa shape index (κ2) is 19.1. The summed E-state index contributed by atoms with van der Waals surface area (Å²) in [6, 6.07) is 0.322. The van der Waals surface area contributed by atoms with Crippen molar-refractivity contribution in [2.75, 3.05) is 6.54 Å². The predicted octanol–water partition coefficient (Wildman–Crippen LogP) is 3.03. The van der Waals surface area contributed by atoms with Crippen LogP contribution in [0, 0.1) is 23.7 Å². The van der Waals surface area contributed by atoms with Crippen LogP contribution in [0.4, 0.5) is 4.79 Å².